The number of rotatable bonds is 2. The Morgan fingerprint density at radius 2 is 1.95 bits per heavy atom. The Hall–Kier alpha value is -0.620. The molecule has 2 fully saturated rings. The van der Waals surface area contributed by atoms with Crippen LogP contribution >= 0.6 is 11.6 Å². The molecule has 1 saturated carbocycles. The molecule has 1 heterocycles. The van der Waals surface area contributed by atoms with Crippen LogP contribution in [0.3, 0.4) is 0 Å². The first-order chi connectivity index (χ1) is 9.30. The van der Waals surface area contributed by atoms with E-state index in [0.29, 0.717) is 34.5 Å². The minimum Gasteiger partial charge on any atom is -0.393 e. The number of hydrogen-bond donors (Lipinski definition) is 1. The fraction of sp³-hybridized carbons (Fsp3) is 0.571. The topological polar surface area (TPSA) is 57.6 Å². The Morgan fingerprint density at radius 3 is 2.55 bits per heavy atom. The molecule has 6 heteroatoms. The van der Waals surface area contributed by atoms with Gasteiger partial charge in [0.05, 0.1) is 11.0 Å². The summed E-state index contributed by atoms with van der Waals surface area (Å²) in [5, 5.41) is 10.3. The lowest BCUT2D eigenvalue weighted by atomic mass is 9.74. The minimum atomic E-state index is -3.49. The molecule has 0 radical (unpaired) electrons. The van der Waals surface area contributed by atoms with Crippen molar-refractivity contribution in [2.45, 2.75) is 31.3 Å². The van der Waals surface area contributed by atoms with Crippen LogP contribution in [0, 0.1) is 25.7 Å². The number of aryl methyl sites for hydroxylation is 2. The fourth-order valence-corrected chi connectivity index (χ4v) is 5.24. The second-order valence-electron chi connectivity index (χ2n) is 5.92. The van der Waals surface area contributed by atoms with Crippen LogP contribution in [-0.4, -0.2) is 37.0 Å². The van der Waals surface area contributed by atoms with Gasteiger partial charge in [0.2, 0.25) is 10.0 Å². The van der Waals surface area contributed by atoms with Crippen molar-refractivity contribution in [3.63, 3.8) is 0 Å². The summed E-state index contributed by atoms with van der Waals surface area (Å²) >= 11 is 6.03. The number of nitrogens with zero attached hydrogens (tertiary/aromatic N) is 1. The van der Waals surface area contributed by atoms with Gasteiger partial charge in [-0.3, -0.25) is 0 Å². The van der Waals surface area contributed by atoms with Gasteiger partial charge in [-0.15, -0.1) is 0 Å². The number of benzene rings is 1. The third-order valence-corrected chi connectivity index (χ3v) is 6.95. The normalized spacial score (nSPS) is 30.1. The molecular formula is C14H18ClNO3S. The first kappa shape index (κ1) is 14.3. The van der Waals surface area contributed by atoms with E-state index in [1.807, 2.05) is 0 Å². The van der Waals surface area contributed by atoms with Crippen molar-refractivity contribution in [3.05, 3.63) is 28.3 Å². The molecule has 3 rings (SSSR count). The van der Waals surface area contributed by atoms with Crippen molar-refractivity contribution in [2.24, 2.45) is 11.8 Å². The molecule has 0 unspecified atom stereocenters. The Kier molecular flexibility index (Phi) is 3.36. The van der Waals surface area contributed by atoms with Gasteiger partial charge in [0.15, 0.2) is 0 Å². The molecule has 1 aromatic rings. The van der Waals surface area contributed by atoms with E-state index in [0.717, 1.165) is 12.0 Å². The molecule has 0 bridgehead atoms. The first-order valence-corrected chi connectivity index (χ1v) is 8.57. The zero-order valence-electron chi connectivity index (χ0n) is 11.5. The third-order valence-electron chi connectivity index (χ3n) is 4.57. The molecule has 2 aliphatic rings. The predicted molar refractivity (Wildman–Crippen MR) is 77.3 cm³/mol. The van der Waals surface area contributed by atoms with Gasteiger partial charge in [-0.05, 0) is 49.4 Å². The van der Waals surface area contributed by atoms with Crippen molar-refractivity contribution in [1.82, 2.24) is 4.31 Å². The lowest BCUT2D eigenvalue weighted by Crippen LogP contribution is -2.39. The SMILES string of the molecule is Cc1cc(S(=O)(=O)N2C[C@H]3C[C@H](O)[C@H]3C2)c(C)cc1Cl. The highest BCUT2D eigenvalue weighted by Gasteiger charge is 2.49. The fourth-order valence-electron chi connectivity index (χ4n) is 3.20. The van der Waals surface area contributed by atoms with E-state index in [2.05, 4.69) is 0 Å². The largest absolute Gasteiger partial charge is 0.393 e. The van der Waals surface area contributed by atoms with E-state index >= 15 is 0 Å². The van der Waals surface area contributed by atoms with E-state index in [1.54, 1.807) is 26.0 Å². The zero-order valence-corrected chi connectivity index (χ0v) is 13.1. The quantitative estimate of drug-likeness (QED) is 0.907. The summed E-state index contributed by atoms with van der Waals surface area (Å²) in [5.74, 6) is 0.423. The van der Waals surface area contributed by atoms with Gasteiger partial charge < -0.3 is 5.11 Å². The standard InChI is InChI=1S/C14H18ClNO3S/c1-8-4-14(9(2)3-12(8)15)20(18,19)16-6-10-5-13(17)11(10)7-16/h3-4,10-11,13,17H,5-7H2,1-2H3/t10-,11+,13+/m1/s1. The van der Waals surface area contributed by atoms with Crippen LogP contribution in [0.15, 0.2) is 17.0 Å². The van der Waals surface area contributed by atoms with Gasteiger partial charge in [-0.25, -0.2) is 8.42 Å². The molecule has 0 amide bonds. The molecule has 3 atom stereocenters. The summed E-state index contributed by atoms with van der Waals surface area (Å²) < 4.78 is 27.0. The summed E-state index contributed by atoms with van der Waals surface area (Å²) in [6.45, 7) is 4.51. The molecule has 1 N–H and O–H groups in total. The smallest absolute Gasteiger partial charge is 0.243 e. The van der Waals surface area contributed by atoms with Crippen LogP contribution in [0.5, 0.6) is 0 Å². The van der Waals surface area contributed by atoms with Crippen LogP contribution in [0.4, 0.5) is 0 Å². The van der Waals surface area contributed by atoms with Crippen LogP contribution in [0.1, 0.15) is 17.5 Å². The lowest BCUT2D eigenvalue weighted by Gasteiger charge is -2.34. The number of aliphatic hydroxyl groups is 1. The van der Waals surface area contributed by atoms with Crippen molar-refractivity contribution in [1.29, 1.82) is 0 Å². The van der Waals surface area contributed by atoms with Gasteiger partial charge >= 0.3 is 0 Å². The summed E-state index contributed by atoms with van der Waals surface area (Å²) in [7, 11) is -3.49. The second-order valence-corrected chi connectivity index (χ2v) is 8.23. The molecule has 20 heavy (non-hydrogen) atoms. The van der Waals surface area contributed by atoms with E-state index < -0.39 is 10.0 Å². The Labute approximate surface area is 124 Å². The minimum absolute atomic E-state index is 0.110. The maximum absolute atomic E-state index is 12.7. The van der Waals surface area contributed by atoms with Crippen molar-refractivity contribution >= 4 is 21.6 Å². The summed E-state index contributed by atoms with van der Waals surface area (Å²) in [6, 6.07) is 3.34. The van der Waals surface area contributed by atoms with E-state index in [9.17, 15) is 13.5 Å². The molecule has 110 valence electrons. The van der Waals surface area contributed by atoms with Crippen LogP contribution in [-0.2, 0) is 10.0 Å². The average Bonchev–Trinajstić information content (AvgIpc) is 2.71. The van der Waals surface area contributed by atoms with Gasteiger partial charge in [0.1, 0.15) is 0 Å². The van der Waals surface area contributed by atoms with Crippen LogP contribution in [0.2, 0.25) is 5.02 Å². The number of sulfonamides is 1. The zero-order chi connectivity index (χ0) is 14.7. The monoisotopic (exact) mass is 315 g/mol. The summed E-state index contributed by atoms with van der Waals surface area (Å²) in [4.78, 5) is 0.329. The van der Waals surface area contributed by atoms with Crippen LogP contribution < -0.4 is 0 Å². The Balaban J connectivity index is 1.95. The molecular weight excluding hydrogens is 298 g/mol. The molecule has 1 aliphatic heterocycles. The highest BCUT2D eigenvalue weighted by molar-refractivity contribution is 7.89. The van der Waals surface area contributed by atoms with E-state index in [4.69, 9.17) is 11.6 Å². The third kappa shape index (κ3) is 2.08. The van der Waals surface area contributed by atoms with Crippen molar-refractivity contribution in [3.8, 4) is 0 Å². The molecule has 1 saturated heterocycles. The number of fused-ring (bicyclic) bond motifs is 1. The number of hydrogen-bond acceptors (Lipinski definition) is 3. The number of aliphatic hydroxyl groups excluding tert-OH is 1. The highest BCUT2D eigenvalue weighted by Crippen LogP contribution is 2.43. The lowest BCUT2D eigenvalue weighted by molar-refractivity contribution is -0.00416. The van der Waals surface area contributed by atoms with E-state index in [-0.39, 0.29) is 12.0 Å². The molecule has 0 spiro atoms. The van der Waals surface area contributed by atoms with Gasteiger partial charge in [0.25, 0.3) is 0 Å². The average molecular weight is 316 g/mol. The van der Waals surface area contributed by atoms with Crippen molar-refractivity contribution in [2.75, 3.05) is 13.1 Å². The van der Waals surface area contributed by atoms with Gasteiger partial charge in [-0.2, -0.15) is 4.31 Å². The van der Waals surface area contributed by atoms with Gasteiger partial charge in [0, 0.05) is 24.0 Å². The van der Waals surface area contributed by atoms with Crippen LogP contribution in [0.25, 0.3) is 0 Å². The Morgan fingerprint density at radius 1 is 1.25 bits per heavy atom. The number of halogens is 1. The maximum Gasteiger partial charge on any atom is 0.243 e. The summed E-state index contributed by atoms with van der Waals surface area (Å²) in [5.41, 5.74) is 1.43. The van der Waals surface area contributed by atoms with Crippen molar-refractivity contribution < 1.29 is 13.5 Å². The summed E-state index contributed by atoms with van der Waals surface area (Å²) in [6.07, 6.45) is 0.378. The first-order valence-electron chi connectivity index (χ1n) is 6.75. The molecule has 0 aromatic heterocycles. The highest BCUT2D eigenvalue weighted by atomic mass is 35.5. The van der Waals surface area contributed by atoms with Gasteiger partial charge in [-0.1, -0.05) is 11.6 Å². The second kappa shape index (κ2) is 4.70. The molecule has 1 aliphatic carbocycles. The predicted octanol–water partition coefficient (Wildman–Crippen LogP) is 1.96. The molecule has 4 nitrogen and oxygen atoms in total. The molecule has 1 aromatic carbocycles. The maximum atomic E-state index is 12.7. The Bertz CT molecular complexity index is 659. The van der Waals surface area contributed by atoms with E-state index in [1.165, 1.54) is 4.31 Å².